The van der Waals surface area contributed by atoms with Crippen LogP contribution in [0.4, 0.5) is 36.1 Å². The van der Waals surface area contributed by atoms with Crippen LogP contribution in [-0.2, 0) is 12.6 Å². The Labute approximate surface area is 221 Å². The number of nitrogens with zero attached hydrogens (tertiary/aromatic N) is 5. The van der Waals surface area contributed by atoms with Crippen LogP contribution < -0.4 is 20.7 Å². The van der Waals surface area contributed by atoms with Crippen molar-refractivity contribution in [2.24, 2.45) is 5.73 Å². The van der Waals surface area contributed by atoms with Crippen molar-refractivity contribution in [3.63, 3.8) is 0 Å². The molecule has 1 saturated heterocycles. The number of nitrogens with two attached hydrogens (primary N) is 1. The largest absolute Gasteiger partial charge is 0.437 e. The van der Waals surface area contributed by atoms with Gasteiger partial charge >= 0.3 is 6.18 Å². The monoisotopic (exact) mass is 545 g/mol. The van der Waals surface area contributed by atoms with E-state index in [9.17, 15) is 28.1 Å². The Hall–Kier alpha value is -4.46. The van der Waals surface area contributed by atoms with Crippen LogP contribution >= 0.6 is 0 Å². The smallest absolute Gasteiger partial charge is 0.418 e. The summed E-state index contributed by atoms with van der Waals surface area (Å²) in [7, 11) is 1.91. The minimum atomic E-state index is -4.64. The molecule has 0 unspecified atom stereocenters. The number of anilines is 3. The first-order chi connectivity index (χ1) is 18.5. The number of ether oxygens (including phenoxy) is 1. The Morgan fingerprint density at radius 1 is 1.15 bits per heavy atom. The van der Waals surface area contributed by atoms with E-state index >= 15 is 0 Å². The Kier molecular flexibility index (Phi) is 7.85. The molecular weight excluding hydrogens is 519 g/mol. The van der Waals surface area contributed by atoms with E-state index in [1.54, 1.807) is 11.8 Å². The van der Waals surface area contributed by atoms with Crippen molar-refractivity contribution in [1.29, 1.82) is 0 Å². The van der Waals surface area contributed by atoms with Crippen molar-refractivity contribution in [1.82, 2.24) is 14.9 Å². The third-order valence-electron chi connectivity index (χ3n) is 6.15. The number of nitro benzene ring substituents is 1. The number of carbonyl (C=O) groups is 1. The second-order valence-corrected chi connectivity index (χ2v) is 8.89. The van der Waals surface area contributed by atoms with Gasteiger partial charge < -0.3 is 25.6 Å². The lowest BCUT2D eigenvalue weighted by atomic mass is 10.1. The van der Waals surface area contributed by atoms with Gasteiger partial charge in [0.25, 0.3) is 11.6 Å². The molecule has 0 radical (unpaired) electrons. The van der Waals surface area contributed by atoms with Crippen molar-refractivity contribution >= 4 is 28.8 Å². The topological polar surface area (TPSA) is 140 Å². The Balaban J connectivity index is 1.72. The molecule has 1 aliphatic rings. The second kappa shape index (κ2) is 11.1. The van der Waals surface area contributed by atoms with E-state index in [2.05, 4.69) is 15.3 Å². The minimum absolute atomic E-state index is 0.00236. The van der Waals surface area contributed by atoms with Gasteiger partial charge in [-0.05, 0) is 37.7 Å². The van der Waals surface area contributed by atoms with Gasteiger partial charge in [0.15, 0.2) is 11.5 Å². The van der Waals surface area contributed by atoms with Gasteiger partial charge in [0.05, 0.1) is 16.6 Å². The molecule has 3 aromatic rings. The fraction of sp³-hybridized carbons (Fsp3) is 0.320. The average Bonchev–Trinajstić information content (AvgIpc) is 2.89. The maximum atomic E-state index is 14.1. The molecule has 2 aromatic carbocycles. The molecule has 1 amide bonds. The average molecular weight is 546 g/mol. The van der Waals surface area contributed by atoms with Gasteiger partial charge in [-0.15, -0.1) is 0 Å². The molecule has 0 bridgehead atoms. The van der Waals surface area contributed by atoms with Crippen molar-refractivity contribution in [2.45, 2.75) is 19.5 Å². The first-order valence-electron chi connectivity index (χ1n) is 12.0. The predicted molar refractivity (Wildman–Crippen MR) is 138 cm³/mol. The number of amides is 1. The summed E-state index contributed by atoms with van der Waals surface area (Å²) < 4.78 is 47.9. The molecule has 1 aromatic heterocycles. The number of alkyl halides is 3. The number of aromatic nitrogens is 2. The number of aryl methyl sites for hydroxylation is 1. The number of piperazine rings is 1. The molecule has 3 N–H and O–H groups in total. The van der Waals surface area contributed by atoms with Gasteiger partial charge in [-0.1, -0.05) is 13.0 Å². The normalized spacial score (nSPS) is 14.2. The van der Waals surface area contributed by atoms with Crippen LogP contribution in [-0.4, -0.2) is 58.9 Å². The maximum absolute atomic E-state index is 14.1. The third-order valence-corrected chi connectivity index (χ3v) is 6.15. The number of non-ortho nitro benzene ring substituents is 1. The summed E-state index contributed by atoms with van der Waals surface area (Å²) in [4.78, 5) is 34.9. The van der Waals surface area contributed by atoms with E-state index in [0.29, 0.717) is 26.2 Å². The van der Waals surface area contributed by atoms with Crippen LogP contribution in [0.5, 0.6) is 11.6 Å². The van der Waals surface area contributed by atoms with E-state index in [1.807, 2.05) is 11.9 Å². The summed E-state index contributed by atoms with van der Waals surface area (Å²) in [6.07, 6.45) is -4.38. The molecule has 1 fully saturated rings. The van der Waals surface area contributed by atoms with Gasteiger partial charge in [-0.2, -0.15) is 18.2 Å². The summed E-state index contributed by atoms with van der Waals surface area (Å²) in [6, 6.07) is 9.11. The van der Waals surface area contributed by atoms with E-state index in [4.69, 9.17) is 10.5 Å². The summed E-state index contributed by atoms with van der Waals surface area (Å²) in [6.45, 7) is 3.87. The molecule has 2 heterocycles. The lowest BCUT2D eigenvalue weighted by Crippen LogP contribution is -2.45. The van der Waals surface area contributed by atoms with Crippen molar-refractivity contribution in [2.75, 3.05) is 43.4 Å². The number of primary amides is 1. The number of likely N-dealkylation sites (N-methyl/N-ethyl adjacent to an activating group) is 1. The van der Waals surface area contributed by atoms with Crippen LogP contribution in [0.1, 0.15) is 28.7 Å². The van der Waals surface area contributed by atoms with Crippen LogP contribution in [0.15, 0.2) is 42.5 Å². The van der Waals surface area contributed by atoms with Gasteiger partial charge in [0, 0.05) is 43.6 Å². The highest BCUT2D eigenvalue weighted by Crippen LogP contribution is 2.39. The molecule has 0 atom stereocenters. The zero-order valence-electron chi connectivity index (χ0n) is 21.2. The van der Waals surface area contributed by atoms with Crippen molar-refractivity contribution < 1.29 is 27.6 Å². The quantitative estimate of drug-likeness (QED) is 0.312. The lowest BCUT2D eigenvalue weighted by Gasteiger charge is -2.35. The van der Waals surface area contributed by atoms with Crippen molar-refractivity contribution in [3.8, 4) is 11.6 Å². The summed E-state index contributed by atoms with van der Waals surface area (Å²) in [5.41, 5.74) is 4.42. The van der Waals surface area contributed by atoms with Gasteiger partial charge in [-0.25, -0.2) is 4.98 Å². The molecule has 1 aliphatic heterocycles. The van der Waals surface area contributed by atoms with E-state index in [-0.39, 0.29) is 52.3 Å². The molecule has 14 heteroatoms. The number of carbonyl (C=O) groups excluding carboxylic acids is 1. The molecule has 11 nitrogen and oxygen atoms in total. The summed E-state index contributed by atoms with van der Waals surface area (Å²) in [5.74, 6) is -1.18. The molecule has 0 aliphatic carbocycles. The molecular formula is C25H26F3N7O4. The van der Waals surface area contributed by atoms with E-state index < -0.39 is 22.6 Å². The zero-order valence-corrected chi connectivity index (χ0v) is 21.2. The first kappa shape index (κ1) is 27.6. The summed E-state index contributed by atoms with van der Waals surface area (Å²) in [5, 5.41) is 13.8. The number of benzene rings is 2. The highest BCUT2D eigenvalue weighted by atomic mass is 19.4. The van der Waals surface area contributed by atoms with Crippen LogP contribution in [0, 0.1) is 10.1 Å². The number of nitro groups is 1. The molecule has 0 saturated carbocycles. The van der Waals surface area contributed by atoms with Crippen LogP contribution in [0.3, 0.4) is 0 Å². The lowest BCUT2D eigenvalue weighted by molar-refractivity contribution is -0.384. The Morgan fingerprint density at radius 3 is 2.49 bits per heavy atom. The number of hydrogen-bond donors (Lipinski definition) is 2. The zero-order chi connectivity index (χ0) is 28.3. The Morgan fingerprint density at radius 2 is 1.87 bits per heavy atom. The Bertz CT molecular complexity index is 1390. The van der Waals surface area contributed by atoms with E-state index in [0.717, 1.165) is 6.07 Å². The molecule has 39 heavy (non-hydrogen) atoms. The fourth-order valence-electron chi connectivity index (χ4n) is 4.10. The van der Waals surface area contributed by atoms with Gasteiger partial charge in [0.2, 0.25) is 5.88 Å². The van der Waals surface area contributed by atoms with Crippen LogP contribution in [0.2, 0.25) is 0 Å². The van der Waals surface area contributed by atoms with Crippen molar-refractivity contribution in [3.05, 3.63) is 69.5 Å². The number of nitrogens with one attached hydrogen (secondary N) is 1. The predicted octanol–water partition coefficient (Wildman–Crippen LogP) is 4.35. The standard InChI is InChI=1S/C25H26F3N7O4/c1-3-19-24(39-17-6-4-5-16(14-17)35(37)38)32-23(21(31-19)22(29)36)30-15-7-8-20(18(13-15)25(26,27)28)34-11-9-33(2)10-12-34/h4-8,13-14H,3,9-12H2,1-2H3,(H2,29,36)(H,30,32). The highest BCUT2D eigenvalue weighted by molar-refractivity contribution is 5.96. The fourth-order valence-corrected chi connectivity index (χ4v) is 4.10. The highest BCUT2D eigenvalue weighted by Gasteiger charge is 2.36. The SMILES string of the molecule is CCc1nc(C(N)=O)c(Nc2ccc(N3CCN(C)CC3)c(C(F)(F)F)c2)nc1Oc1cccc([N+](=O)[O-])c1. The number of rotatable bonds is 8. The molecule has 206 valence electrons. The number of hydrogen-bond acceptors (Lipinski definition) is 9. The molecule has 4 rings (SSSR count). The van der Waals surface area contributed by atoms with Crippen LogP contribution in [0.25, 0.3) is 0 Å². The minimum Gasteiger partial charge on any atom is -0.437 e. The number of halogens is 3. The van der Waals surface area contributed by atoms with Gasteiger partial charge in [-0.3, -0.25) is 14.9 Å². The maximum Gasteiger partial charge on any atom is 0.418 e. The second-order valence-electron chi connectivity index (χ2n) is 8.89. The first-order valence-corrected chi connectivity index (χ1v) is 12.0. The van der Waals surface area contributed by atoms with E-state index in [1.165, 1.54) is 36.4 Å². The third kappa shape index (κ3) is 6.34. The summed E-state index contributed by atoms with van der Waals surface area (Å²) >= 11 is 0. The van der Waals surface area contributed by atoms with Gasteiger partial charge in [0.1, 0.15) is 11.4 Å². The molecule has 0 spiro atoms.